The number of phenolic OH excluding ortho intramolecular Hbond substituents is 1. The zero-order valence-corrected chi connectivity index (χ0v) is 20.5. The number of methoxy groups -OCH3 is 1. The first-order valence-electron chi connectivity index (χ1n) is 10.6. The number of carbonyl (C=O) groups is 2. The minimum Gasteiger partial charge on any atom is -0.504 e. The summed E-state index contributed by atoms with van der Waals surface area (Å²) in [6.07, 6.45) is 6.96. The maximum atomic E-state index is 13.2. The molecule has 2 heterocycles. The highest BCUT2D eigenvalue weighted by Gasteiger charge is 2.43. The maximum absolute atomic E-state index is 13.2. The third-order valence-electron chi connectivity index (χ3n) is 6.53. The lowest BCUT2D eigenvalue weighted by molar-refractivity contribution is -0.115. The zero-order chi connectivity index (χ0) is 24.3. The van der Waals surface area contributed by atoms with Gasteiger partial charge in [0, 0.05) is 36.6 Å². The Morgan fingerprint density at radius 2 is 1.94 bits per heavy atom. The van der Waals surface area contributed by atoms with Crippen LogP contribution in [0.3, 0.4) is 0 Å². The fourth-order valence-electron chi connectivity index (χ4n) is 4.86. The third-order valence-corrected chi connectivity index (χ3v) is 7.33. The van der Waals surface area contributed by atoms with Gasteiger partial charge in [-0.25, -0.2) is 23.5 Å². The van der Waals surface area contributed by atoms with Crippen LogP contribution in [0.2, 0.25) is 0 Å². The number of hydrogen-bond donors (Lipinski definition) is 1. The van der Waals surface area contributed by atoms with E-state index in [-0.39, 0.29) is 30.3 Å². The molecule has 0 saturated carbocycles. The van der Waals surface area contributed by atoms with E-state index in [0.29, 0.717) is 20.5 Å². The van der Waals surface area contributed by atoms with Gasteiger partial charge in [0.15, 0.2) is 23.1 Å². The van der Waals surface area contributed by atoms with Gasteiger partial charge in [0.2, 0.25) is 0 Å². The minimum atomic E-state index is -0.557. The first kappa shape index (κ1) is 22.4. The van der Waals surface area contributed by atoms with Crippen molar-refractivity contribution in [3.8, 4) is 11.5 Å². The molecule has 9 nitrogen and oxygen atoms in total. The number of ketones is 2. The van der Waals surface area contributed by atoms with Crippen LogP contribution in [0.5, 0.6) is 11.5 Å². The van der Waals surface area contributed by atoms with Crippen LogP contribution in [0.15, 0.2) is 66.3 Å². The lowest BCUT2D eigenvalue weighted by atomic mass is 9.71. The van der Waals surface area contributed by atoms with Crippen LogP contribution in [-0.4, -0.2) is 37.7 Å². The van der Waals surface area contributed by atoms with E-state index in [1.165, 1.54) is 35.7 Å². The van der Waals surface area contributed by atoms with Gasteiger partial charge in [0.05, 0.1) is 23.3 Å². The lowest BCUT2D eigenvalue weighted by Crippen LogP contribution is -2.41. The molecule has 2 aromatic rings. The van der Waals surface area contributed by atoms with Crippen molar-refractivity contribution in [1.29, 1.82) is 0 Å². The largest absolute Gasteiger partial charge is 0.504 e. The van der Waals surface area contributed by atoms with Gasteiger partial charge >= 0.3 is 11.4 Å². The van der Waals surface area contributed by atoms with Gasteiger partial charge < -0.3 is 9.84 Å². The van der Waals surface area contributed by atoms with Gasteiger partial charge in [0.25, 0.3) is 0 Å². The molecule has 0 saturated heterocycles. The lowest BCUT2D eigenvalue weighted by Gasteiger charge is -2.38. The highest BCUT2D eigenvalue weighted by atomic mass is 127. The molecule has 174 valence electrons. The van der Waals surface area contributed by atoms with Crippen molar-refractivity contribution in [2.24, 2.45) is 13.0 Å². The average molecular weight is 573 g/mol. The van der Waals surface area contributed by atoms with Crippen molar-refractivity contribution < 1.29 is 19.4 Å². The Balaban J connectivity index is 1.67. The predicted molar refractivity (Wildman–Crippen MR) is 132 cm³/mol. The topological polar surface area (TPSA) is 113 Å². The molecule has 0 fully saturated rings. The quantitative estimate of drug-likeness (QED) is 0.342. The highest BCUT2D eigenvalue weighted by Crippen LogP contribution is 2.46. The Morgan fingerprint density at radius 3 is 2.68 bits per heavy atom. The van der Waals surface area contributed by atoms with Crippen molar-refractivity contribution in [2.75, 3.05) is 7.11 Å². The molecule has 1 aromatic heterocycles. The Labute approximate surface area is 207 Å². The van der Waals surface area contributed by atoms with Crippen molar-refractivity contribution in [1.82, 2.24) is 13.9 Å². The van der Waals surface area contributed by atoms with Gasteiger partial charge in [-0.1, -0.05) is 24.3 Å². The number of hydrogen-bond acceptors (Lipinski definition) is 6. The summed E-state index contributed by atoms with van der Waals surface area (Å²) in [5.74, 6) is -0.713. The molecule has 2 atom stereocenters. The molecule has 0 radical (unpaired) electrons. The van der Waals surface area contributed by atoms with E-state index in [1.54, 1.807) is 18.2 Å². The molecule has 0 amide bonds. The van der Waals surface area contributed by atoms with Gasteiger partial charge in [-0.3, -0.25) is 9.59 Å². The van der Waals surface area contributed by atoms with Crippen LogP contribution in [0, 0.1) is 5.92 Å². The monoisotopic (exact) mass is 573 g/mol. The second-order valence-electron chi connectivity index (χ2n) is 8.32. The van der Waals surface area contributed by atoms with Crippen LogP contribution in [0.25, 0.3) is 6.08 Å². The summed E-state index contributed by atoms with van der Waals surface area (Å²) in [6.45, 7) is 0.190. The van der Waals surface area contributed by atoms with Crippen molar-refractivity contribution in [2.45, 2.75) is 19.0 Å². The maximum Gasteiger partial charge on any atom is 0.347 e. The molecule has 34 heavy (non-hydrogen) atoms. The fraction of sp³-hybridized carbons (Fsp3) is 0.250. The second kappa shape index (κ2) is 8.12. The number of Topliss-reactive ketones (excluding diaryl/α,β-unsaturated/α-hetero) is 1. The van der Waals surface area contributed by atoms with E-state index in [0.717, 1.165) is 15.7 Å². The summed E-state index contributed by atoms with van der Waals surface area (Å²) in [7, 11) is 2.88. The molecular weight excluding hydrogens is 553 g/mol. The van der Waals surface area contributed by atoms with E-state index in [4.69, 9.17) is 4.74 Å². The molecular formula is C24H20IN3O6. The molecule has 5 rings (SSSR count). The summed E-state index contributed by atoms with van der Waals surface area (Å²) in [5, 5.41) is 9.88. The summed E-state index contributed by atoms with van der Waals surface area (Å²) < 4.78 is 9.32. The van der Waals surface area contributed by atoms with E-state index in [1.807, 2.05) is 34.7 Å². The van der Waals surface area contributed by atoms with Crippen molar-refractivity contribution >= 4 is 40.2 Å². The Kier molecular flexibility index (Phi) is 5.34. The molecule has 0 spiro atoms. The Morgan fingerprint density at radius 1 is 1.18 bits per heavy atom. The number of aromatic nitrogens is 3. The molecule has 2 aliphatic carbocycles. The SMILES string of the molecule is COc1cc(C=C[C@H]2C3=CCn4c(=O)n(C)c(=O)n4[C@@H]3CC3=C2C(=O)C(I)=CC3=O)ccc1O. The molecule has 0 bridgehead atoms. The van der Waals surface area contributed by atoms with Gasteiger partial charge in [-0.15, -0.1) is 0 Å². The van der Waals surface area contributed by atoms with E-state index in [9.17, 15) is 24.3 Å². The minimum absolute atomic E-state index is 0.00605. The van der Waals surface area contributed by atoms with Crippen LogP contribution in [0.4, 0.5) is 0 Å². The summed E-state index contributed by atoms with van der Waals surface area (Å²) in [5.41, 5.74) is 1.40. The summed E-state index contributed by atoms with van der Waals surface area (Å²) in [6, 6.07) is 4.32. The number of phenols is 1. The van der Waals surface area contributed by atoms with Crippen LogP contribution < -0.4 is 16.1 Å². The second-order valence-corrected chi connectivity index (χ2v) is 9.48. The molecule has 10 heteroatoms. The molecule has 3 aliphatic rings. The highest BCUT2D eigenvalue weighted by molar-refractivity contribution is 14.1. The standard InChI is InChI=1S/C24H20IN3O6/c1-26-23(32)27-8-7-13-14(5-3-12-4-6-18(29)20(9-12)34-2)21-15(10-17(13)28(27)24(26)33)19(30)11-16(25)22(21)31/h3-7,9,11,14,17,29H,8,10H2,1-2H3/t14-,17+/m0/s1. The predicted octanol–water partition coefficient (Wildman–Crippen LogP) is 2.04. The first-order chi connectivity index (χ1) is 16.2. The number of carbonyl (C=O) groups excluding carboxylic acids is 2. The van der Waals surface area contributed by atoms with E-state index >= 15 is 0 Å². The first-order valence-corrected chi connectivity index (χ1v) is 11.6. The number of fused-ring (bicyclic) bond motifs is 3. The number of rotatable bonds is 3. The van der Waals surface area contributed by atoms with Crippen LogP contribution in [0.1, 0.15) is 18.0 Å². The normalized spacial score (nSPS) is 21.7. The van der Waals surface area contributed by atoms with Gasteiger partial charge in [0.1, 0.15) is 0 Å². The fourth-order valence-corrected chi connectivity index (χ4v) is 5.43. The number of aromatic hydroxyl groups is 1. The van der Waals surface area contributed by atoms with E-state index < -0.39 is 23.3 Å². The molecule has 1 aromatic carbocycles. The number of ether oxygens (including phenoxy) is 1. The molecule has 1 N–H and O–H groups in total. The van der Waals surface area contributed by atoms with Crippen molar-refractivity contribution in [3.05, 3.63) is 83.3 Å². The van der Waals surface area contributed by atoms with Crippen LogP contribution in [-0.2, 0) is 23.2 Å². The van der Waals surface area contributed by atoms with Gasteiger partial charge in [-0.2, -0.15) is 0 Å². The number of nitrogens with zero attached hydrogens (tertiary/aromatic N) is 3. The molecule has 1 aliphatic heterocycles. The number of halogens is 1. The summed E-state index contributed by atoms with van der Waals surface area (Å²) in [4.78, 5) is 51.5. The van der Waals surface area contributed by atoms with Crippen LogP contribution >= 0.6 is 22.6 Å². The Hall–Kier alpha value is -3.41. The smallest absolute Gasteiger partial charge is 0.347 e. The number of benzene rings is 1. The van der Waals surface area contributed by atoms with Crippen molar-refractivity contribution in [3.63, 3.8) is 0 Å². The summed E-state index contributed by atoms with van der Waals surface area (Å²) >= 11 is 1.88. The zero-order valence-electron chi connectivity index (χ0n) is 18.3. The third kappa shape index (κ3) is 3.27. The average Bonchev–Trinajstić information content (AvgIpc) is 3.05. The number of allylic oxidation sites excluding steroid dienone is 7. The molecule has 0 unspecified atom stereocenters. The Bertz CT molecular complexity index is 1510. The van der Waals surface area contributed by atoms with Gasteiger partial charge in [-0.05, 0) is 45.9 Å². The van der Waals surface area contributed by atoms with E-state index in [2.05, 4.69) is 0 Å².